The molecule has 0 radical (unpaired) electrons. The van der Waals surface area contributed by atoms with E-state index in [0.717, 1.165) is 12.8 Å². The second-order valence-electron chi connectivity index (χ2n) is 9.54. The van der Waals surface area contributed by atoms with Gasteiger partial charge in [-0.15, -0.1) is 6.58 Å². The molecule has 6 atom stereocenters. The van der Waals surface area contributed by atoms with E-state index in [0.29, 0.717) is 24.8 Å². The lowest BCUT2D eigenvalue weighted by Crippen LogP contribution is -2.78. The standard InChI is InChI=1S/C20H30O4/c1-5-17(4)8-9-19(22)14(10-17)20(23)11-13-16(2,3)7-6-15(21)18(13,19)12-24-20/h5,10,13,15,21-23H,1,6-9,11-12H2,2-4H3/t13-,15+,17-,18+,19+,20-/m0/s1. The second kappa shape index (κ2) is 4.53. The van der Waals surface area contributed by atoms with Gasteiger partial charge in [0, 0.05) is 17.4 Å². The lowest BCUT2D eigenvalue weighted by molar-refractivity contribution is -0.369. The highest BCUT2D eigenvalue weighted by molar-refractivity contribution is 5.42. The molecule has 0 amide bonds. The van der Waals surface area contributed by atoms with Crippen LogP contribution in [0.15, 0.2) is 24.3 Å². The number of ether oxygens (including phenoxy) is 1. The first-order valence-electron chi connectivity index (χ1n) is 9.17. The SMILES string of the molecule is C=C[C@]1(C)C=C2[C@](O)(CC1)[C@]13CO[C@@]2(O)C[C@H]1C(C)(C)CC[C@H]3O. The van der Waals surface area contributed by atoms with E-state index in [4.69, 9.17) is 4.74 Å². The molecule has 3 N–H and O–H groups in total. The van der Waals surface area contributed by atoms with E-state index in [2.05, 4.69) is 27.4 Å². The van der Waals surface area contributed by atoms with E-state index in [1.807, 2.05) is 12.2 Å². The van der Waals surface area contributed by atoms with Gasteiger partial charge in [0.15, 0.2) is 5.79 Å². The number of allylic oxidation sites excluding steroid dienone is 2. The van der Waals surface area contributed by atoms with Crippen LogP contribution in [0.1, 0.15) is 52.9 Å². The van der Waals surface area contributed by atoms with Crippen molar-refractivity contribution in [2.75, 3.05) is 6.61 Å². The van der Waals surface area contributed by atoms with Crippen molar-refractivity contribution >= 4 is 0 Å². The fourth-order valence-electron chi connectivity index (χ4n) is 6.16. The molecule has 24 heavy (non-hydrogen) atoms. The predicted octanol–water partition coefficient (Wildman–Crippen LogP) is 2.54. The van der Waals surface area contributed by atoms with Gasteiger partial charge in [0.25, 0.3) is 0 Å². The van der Waals surface area contributed by atoms with Crippen molar-refractivity contribution in [1.82, 2.24) is 0 Å². The monoisotopic (exact) mass is 334 g/mol. The Kier molecular flexibility index (Phi) is 3.17. The summed E-state index contributed by atoms with van der Waals surface area (Å²) in [7, 11) is 0. The summed E-state index contributed by atoms with van der Waals surface area (Å²) < 4.78 is 5.89. The summed E-state index contributed by atoms with van der Waals surface area (Å²) in [5, 5.41) is 34.2. The van der Waals surface area contributed by atoms with Crippen molar-refractivity contribution in [2.24, 2.45) is 22.2 Å². The molecule has 4 nitrogen and oxygen atoms in total. The van der Waals surface area contributed by atoms with Gasteiger partial charge in [-0.3, -0.25) is 0 Å². The first-order valence-corrected chi connectivity index (χ1v) is 9.17. The summed E-state index contributed by atoms with van der Waals surface area (Å²) in [6.07, 6.45) is 6.51. The van der Waals surface area contributed by atoms with Gasteiger partial charge < -0.3 is 20.1 Å². The van der Waals surface area contributed by atoms with Crippen LogP contribution in [0.25, 0.3) is 0 Å². The maximum absolute atomic E-state index is 11.9. The van der Waals surface area contributed by atoms with Crippen LogP contribution in [0.2, 0.25) is 0 Å². The molecule has 2 aliphatic heterocycles. The van der Waals surface area contributed by atoms with E-state index in [-0.39, 0.29) is 23.4 Å². The summed E-state index contributed by atoms with van der Waals surface area (Å²) in [6, 6.07) is 0. The van der Waals surface area contributed by atoms with Crippen molar-refractivity contribution in [2.45, 2.75) is 70.4 Å². The molecular formula is C20H30O4. The van der Waals surface area contributed by atoms with Crippen molar-refractivity contribution in [1.29, 1.82) is 0 Å². The Balaban J connectivity index is 1.95. The van der Waals surface area contributed by atoms with Gasteiger partial charge >= 0.3 is 0 Å². The summed E-state index contributed by atoms with van der Waals surface area (Å²) in [6.45, 7) is 10.6. The molecule has 0 aromatic rings. The van der Waals surface area contributed by atoms with Gasteiger partial charge in [-0.05, 0) is 37.0 Å². The molecule has 3 aliphatic carbocycles. The van der Waals surface area contributed by atoms with E-state index in [1.165, 1.54) is 0 Å². The topological polar surface area (TPSA) is 69.9 Å². The second-order valence-corrected chi connectivity index (χ2v) is 9.54. The number of hydrogen-bond donors (Lipinski definition) is 3. The number of hydrogen-bond acceptors (Lipinski definition) is 4. The van der Waals surface area contributed by atoms with Crippen LogP contribution in [0.4, 0.5) is 0 Å². The highest BCUT2D eigenvalue weighted by Gasteiger charge is 2.76. The van der Waals surface area contributed by atoms with Crippen molar-refractivity contribution in [3.8, 4) is 0 Å². The van der Waals surface area contributed by atoms with E-state index >= 15 is 0 Å². The largest absolute Gasteiger partial charge is 0.392 e. The van der Waals surface area contributed by atoms with Crippen LogP contribution in [0, 0.1) is 22.2 Å². The van der Waals surface area contributed by atoms with Gasteiger partial charge in [0.05, 0.1) is 18.1 Å². The third-order valence-electron chi connectivity index (χ3n) is 7.85. The number of aliphatic hydroxyl groups excluding tert-OH is 1. The lowest BCUT2D eigenvalue weighted by atomic mass is 9.40. The normalized spacial score (nSPS) is 55.3. The fraction of sp³-hybridized carbons (Fsp3) is 0.800. The van der Waals surface area contributed by atoms with Crippen LogP contribution in [0.3, 0.4) is 0 Å². The van der Waals surface area contributed by atoms with Gasteiger partial charge in [-0.2, -0.15) is 0 Å². The van der Waals surface area contributed by atoms with Crippen LogP contribution < -0.4 is 0 Å². The molecule has 0 aromatic carbocycles. The maximum atomic E-state index is 11.9. The zero-order chi connectivity index (χ0) is 17.6. The lowest BCUT2D eigenvalue weighted by Gasteiger charge is -2.71. The summed E-state index contributed by atoms with van der Waals surface area (Å²) in [5.41, 5.74) is -1.68. The van der Waals surface area contributed by atoms with Crippen LogP contribution in [0.5, 0.6) is 0 Å². The summed E-state index contributed by atoms with van der Waals surface area (Å²) in [4.78, 5) is 0. The molecule has 134 valence electrons. The molecule has 1 spiro atoms. The molecule has 4 fully saturated rings. The Labute approximate surface area is 144 Å². The van der Waals surface area contributed by atoms with E-state index < -0.39 is 22.9 Å². The zero-order valence-electron chi connectivity index (χ0n) is 15.0. The Morgan fingerprint density at radius 3 is 2.58 bits per heavy atom. The minimum atomic E-state index is -1.43. The minimum Gasteiger partial charge on any atom is -0.392 e. The minimum absolute atomic E-state index is 0.0303. The molecule has 0 aromatic heterocycles. The molecule has 2 saturated heterocycles. The number of rotatable bonds is 1. The maximum Gasteiger partial charge on any atom is 0.191 e. The molecule has 2 heterocycles. The van der Waals surface area contributed by atoms with Crippen LogP contribution >= 0.6 is 0 Å². The first-order chi connectivity index (χ1) is 11.0. The molecule has 5 aliphatic rings. The summed E-state index contributed by atoms with van der Waals surface area (Å²) in [5.74, 6) is -1.40. The summed E-state index contributed by atoms with van der Waals surface area (Å²) >= 11 is 0. The van der Waals surface area contributed by atoms with Gasteiger partial charge in [0.2, 0.25) is 0 Å². The Bertz CT molecular complexity index is 625. The fourth-order valence-corrected chi connectivity index (χ4v) is 6.16. The van der Waals surface area contributed by atoms with Crippen molar-refractivity contribution in [3.63, 3.8) is 0 Å². The zero-order valence-corrected chi connectivity index (χ0v) is 15.0. The van der Waals surface area contributed by atoms with Crippen LogP contribution in [-0.4, -0.2) is 39.4 Å². The van der Waals surface area contributed by atoms with Crippen molar-refractivity contribution < 1.29 is 20.1 Å². The van der Waals surface area contributed by atoms with E-state index in [1.54, 1.807) is 0 Å². The predicted molar refractivity (Wildman–Crippen MR) is 91.0 cm³/mol. The molecular weight excluding hydrogens is 304 g/mol. The molecule has 0 unspecified atom stereocenters. The third-order valence-corrected chi connectivity index (χ3v) is 7.85. The highest BCUT2D eigenvalue weighted by Crippen LogP contribution is 2.70. The molecule has 2 saturated carbocycles. The number of aliphatic hydroxyl groups is 3. The van der Waals surface area contributed by atoms with Gasteiger partial charge in [-0.25, -0.2) is 0 Å². The van der Waals surface area contributed by atoms with Crippen molar-refractivity contribution in [3.05, 3.63) is 24.3 Å². The Morgan fingerprint density at radius 1 is 1.21 bits per heavy atom. The first kappa shape index (κ1) is 16.8. The Hall–Kier alpha value is -0.680. The Morgan fingerprint density at radius 2 is 1.92 bits per heavy atom. The van der Waals surface area contributed by atoms with Crippen LogP contribution in [-0.2, 0) is 4.74 Å². The highest BCUT2D eigenvalue weighted by atomic mass is 16.6. The molecule has 5 rings (SSSR count). The average Bonchev–Trinajstić information content (AvgIpc) is 2.53. The quantitative estimate of drug-likeness (QED) is 0.645. The average molecular weight is 334 g/mol. The molecule has 4 heteroatoms. The molecule has 2 bridgehead atoms. The van der Waals surface area contributed by atoms with Gasteiger partial charge in [0.1, 0.15) is 5.60 Å². The number of fused-ring (bicyclic) bond motifs is 1. The van der Waals surface area contributed by atoms with E-state index in [9.17, 15) is 15.3 Å². The third kappa shape index (κ3) is 1.73. The smallest absolute Gasteiger partial charge is 0.191 e. The van der Waals surface area contributed by atoms with Gasteiger partial charge in [-0.1, -0.05) is 32.9 Å².